The number of hydrogen-bond donors (Lipinski definition) is 0. The fourth-order valence-electron chi connectivity index (χ4n) is 1.75. The number of carbonyl (C=O) groups excluding carboxylic acids is 2. The molecule has 0 N–H and O–H groups in total. The van der Waals surface area contributed by atoms with Crippen LogP contribution in [-0.2, 0) is 4.74 Å². The molecule has 2 aromatic rings. The first kappa shape index (κ1) is 18.4. The molecule has 0 fully saturated rings. The van der Waals surface area contributed by atoms with Crippen molar-refractivity contribution >= 4 is 56.6 Å². The molecule has 0 aliphatic rings. The third-order valence-electron chi connectivity index (χ3n) is 2.95. The van der Waals surface area contributed by atoms with Crippen LogP contribution < -0.4 is 0 Å². The number of rotatable bonds is 5. The Morgan fingerprint density at radius 2 is 1.75 bits per heavy atom. The summed E-state index contributed by atoms with van der Waals surface area (Å²) < 4.78 is 5.12. The van der Waals surface area contributed by atoms with Crippen LogP contribution in [0.25, 0.3) is 0 Å². The van der Waals surface area contributed by atoms with Crippen molar-refractivity contribution in [3.63, 3.8) is 0 Å². The molecule has 24 heavy (non-hydrogen) atoms. The number of ether oxygens (including phenoxy) is 1. The third-order valence-corrected chi connectivity index (χ3v) is 4.36. The number of benzene rings is 2. The summed E-state index contributed by atoms with van der Waals surface area (Å²) in [5.41, 5.74) is -0.0777. The second-order valence-corrected chi connectivity index (χ2v) is 6.22. The summed E-state index contributed by atoms with van der Waals surface area (Å²) in [6.45, 7) is -0.527. The molecule has 0 aliphatic carbocycles. The van der Waals surface area contributed by atoms with Crippen molar-refractivity contribution in [3.05, 3.63) is 72.2 Å². The fourth-order valence-corrected chi connectivity index (χ4v) is 2.44. The molecule has 0 bridgehead atoms. The maximum atomic E-state index is 12.0. The predicted molar refractivity (Wildman–Crippen MR) is 91.9 cm³/mol. The first-order valence-corrected chi connectivity index (χ1v) is 7.94. The van der Waals surface area contributed by atoms with E-state index in [0.717, 1.165) is 6.07 Å². The lowest BCUT2D eigenvalue weighted by Crippen LogP contribution is -2.14. The fraction of sp³-hybridized carbons (Fsp3) is 0.0667. The van der Waals surface area contributed by atoms with Crippen molar-refractivity contribution in [3.8, 4) is 0 Å². The minimum atomic E-state index is -0.848. The standard InChI is InChI=1S/C15H8BrCl2NO5/c16-10-3-1-9(6-13(10)19(22)23)15(21)24-7-14(20)8-2-4-11(17)12(18)5-8/h1-6H,7H2. The van der Waals surface area contributed by atoms with Gasteiger partial charge >= 0.3 is 5.97 Å². The number of nitro benzene ring substituents is 1. The van der Waals surface area contributed by atoms with Crippen LogP contribution >= 0.6 is 39.1 Å². The molecule has 0 saturated heterocycles. The Morgan fingerprint density at radius 1 is 1.08 bits per heavy atom. The number of ketones is 1. The highest BCUT2D eigenvalue weighted by Gasteiger charge is 2.18. The molecular formula is C15H8BrCl2NO5. The van der Waals surface area contributed by atoms with Gasteiger partial charge in [-0.3, -0.25) is 14.9 Å². The van der Waals surface area contributed by atoms with Crippen molar-refractivity contribution in [2.45, 2.75) is 0 Å². The van der Waals surface area contributed by atoms with Gasteiger partial charge in [0.2, 0.25) is 0 Å². The Labute approximate surface area is 154 Å². The second kappa shape index (κ2) is 7.74. The van der Waals surface area contributed by atoms with Crippen LogP contribution in [0, 0.1) is 10.1 Å². The molecule has 0 spiro atoms. The number of halogens is 3. The first-order chi connectivity index (χ1) is 11.3. The summed E-state index contributed by atoms with van der Waals surface area (Å²) in [6, 6.07) is 8.05. The normalized spacial score (nSPS) is 10.3. The van der Waals surface area contributed by atoms with Crippen molar-refractivity contribution in [2.75, 3.05) is 6.61 Å². The monoisotopic (exact) mass is 431 g/mol. The summed E-state index contributed by atoms with van der Waals surface area (Å²) in [5, 5.41) is 11.4. The van der Waals surface area contributed by atoms with E-state index >= 15 is 0 Å². The zero-order valence-electron chi connectivity index (χ0n) is 11.8. The van der Waals surface area contributed by atoms with Crippen LogP contribution in [-0.4, -0.2) is 23.3 Å². The topological polar surface area (TPSA) is 86.5 Å². The average molecular weight is 433 g/mol. The molecule has 0 aliphatic heterocycles. The van der Waals surface area contributed by atoms with Gasteiger partial charge < -0.3 is 4.74 Å². The molecule has 6 nitrogen and oxygen atoms in total. The number of carbonyl (C=O) groups is 2. The predicted octanol–water partition coefficient (Wildman–Crippen LogP) is 4.70. The lowest BCUT2D eigenvalue weighted by atomic mass is 10.1. The summed E-state index contributed by atoms with van der Waals surface area (Å²) in [5.74, 6) is -1.33. The largest absolute Gasteiger partial charge is 0.454 e. The summed E-state index contributed by atoms with van der Waals surface area (Å²) >= 11 is 14.6. The summed E-state index contributed by atoms with van der Waals surface area (Å²) in [4.78, 5) is 34.1. The van der Waals surface area contributed by atoms with Crippen molar-refractivity contribution in [1.82, 2.24) is 0 Å². The molecule has 0 amide bonds. The van der Waals surface area contributed by atoms with Crippen molar-refractivity contribution in [1.29, 1.82) is 0 Å². The van der Waals surface area contributed by atoms with Gasteiger partial charge in [0.25, 0.3) is 5.69 Å². The van der Waals surface area contributed by atoms with Gasteiger partial charge in [0.15, 0.2) is 12.4 Å². The Balaban J connectivity index is 2.07. The van der Waals surface area contributed by atoms with Gasteiger partial charge in [-0.05, 0) is 46.3 Å². The van der Waals surface area contributed by atoms with E-state index in [2.05, 4.69) is 15.9 Å². The second-order valence-electron chi connectivity index (χ2n) is 4.55. The highest BCUT2D eigenvalue weighted by Crippen LogP contribution is 2.26. The minimum Gasteiger partial charge on any atom is -0.454 e. The summed E-state index contributed by atoms with van der Waals surface area (Å²) in [6.07, 6.45) is 0. The molecule has 0 heterocycles. The van der Waals surface area contributed by atoms with Crippen molar-refractivity contribution < 1.29 is 19.2 Å². The zero-order chi connectivity index (χ0) is 17.9. The van der Waals surface area contributed by atoms with Crippen LogP contribution in [0.3, 0.4) is 0 Å². The molecule has 0 radical (unpaired) electrons. The third kappa shape index (κ3) is 4.31. The van der Waals surface area contributed by atoms with Gasteiger partial charge in [0.1, 0.15) is 0 Å². The van der Waals surface area contributed by atoms with Crippen LogP contribution in [0.2, 0.25) is 10.0 Å². The lowest BCUT2D eigenvalue weighted by molar-refractivity contribution is -0.385. The van der Waals surface area contributed by atoms with Crippen molar-refractivity contribution in [2.24, 2.45) is 0 Å². The molecule has 9 heteroatoms. The highest BCUT2D eigenvalue weighted by molar-refractivity contribution is 9.10. The summed E-state index contributed by atoms with van der Waals surface area (Å²) in [7, 11) is 0. The van der Waals surface area contributed by atoms with E-state index in [1.807, 2.05) is 0 Å². The van der Waals surface area contributed by atoms with Crippen LogP contribution in [0.15, 0.2) is 40.9 Å². The number of Topliss-reactive ketones (excluding diaryl/α,β-unsaturated/α-hetero) is 1. The Hall–Kier alpha value is -1.96. The van der Waals surface area contributed by atoms with E-state index in [-0.39, 0.29) is 26.3 Å². The lowest BCUT2D eigenvalue weighted by Gasteiger charge is -2.06. The van der Waals surface area contributed by atoms with E-state index in [0.29, 0.717) is 5.02 Å². The molecule has 2 aromatic carbocycles. The van der Waals surface area contributed by atoms with E-state index in [1.54, 1.807) is 0 Å². The highest BCUT2D eigenvalue weighted by atomic mass is 79.9. The average Bonchev–Trinajstić information content (AvgIpc) is 2.55. The molecule has 0 aromatic heterocycles. The Morgan fingerprint density at radius 3 is 2.38 bits per heavy atom. The molecule has 0 atom stereocenters. The van der Waals surface area contributed by atoms with Gasteiger partial charge in [-0.25, -0.2) is 4.79 Å². The number of hydrogen-bond acceptors (Lipinski definition) is 5. The van der Waals surface area contributed by atoms with E-state index in [1.165, 1.54) is 30.3 Å². The zero-order valence-corrected chi connectivity index (χ0v) is 14.9. The van der Waals surface area contributed by atoms with Gasteiger partial charge in [-0.2, -0.15) is 0 Å². The van der Waals surface area contributed by atoms with E-state index in [4.69, 9.17) is 27.9 Å². The Kier molecular flexibility index (Phi) is 5.93. The van der Waals surface area contributed by atoms with E-state index < -0.39 is 23.3 Å². The molecule has 124 valence electrons. The van der Waals surface area contributed by atoms with Crippen LogP contribution in [0.4, 0.5) is 5.69 Å². The maximum Gasteiger partial charge on any atom is 0.338 e. The number of nitrogens with zero attached hydrogens (tertiary/aromatic N) is 1. The van der Waals surface area contributed by atoms with E-state index in [9.17, 15) is 19.7 Å². The Bertz CT molecular complexity index is 841. The first-order valence-electron chi connectivity index (χ1n) is 6.39. The smallest absolute Gasteiger partial charge is 0.338 e. The van der Waals surface area contributed by atoms with Gasteiger partial charge in [0, 0.05) is 11.6 Å². The quantitative estimate of drug-likeness (QED) is 0.295. The molecule has 0 unspecified atom stereocenters. The molecule has 2 rings (SSSR count). The minimum absolute atomic E-state index is 0.0353. The SMILES string of the molecule is O=C(COC(=O)c1ccc(Br)c([N+](=O)[O-])c1)c1ccc(Cl)c(Cl)c1. The maximum absolute atomic E-state index is 12.0. The van der Waals surface area contributed by atoms with Gasteiger partial charge in [0.05, 0.1) is 25.0 Å². The van der Waals surface area contributed by atoms with Gasteiger partial charge in [-0.15, -0.1) is 0 Å². The number of nitro groups is 1. The van der Waals surface area contributed by atoms with Crippen LogP contribution in [0.5, 0.6) is 0 Å². The van der Waals surface area contributed by atoms with Crippen LogP contribution in [0.1, 0.15) is 20.7 Å². The molecule has 0 saturated carbocycles. The number of esters is 1. The molecular weight excluding hydrogens is 425 g/mol. The van der Waals surface area contributed by atoms with Gasteiger partial charge in [-0.1, -0.05) is 23.2 Å².